The maximum atomic E-state index is 4.41. The van der Waals surface area contributed by atoms with E-state index in [-0.39, 0.29) is 0 Å². The second-order valence-corrected chi connectivity index (χ2v) is 3.95. The first-order valence-corrected chi connectivity index (χ1v) is 5.47. The number of hydrogen-bond acceptors (Lipinski definition) is 3. The molecule has 1 heterocycles. The molecule has 0 saturated heterocycles. The SMILES string of the molecule is CN(C)c1ccc(N=Cc2ccncc2)cc1. The molecule has 0 amide bonds. The number of aliphatic imine (C=N–C) groups is 1. The standard InChI is InChI=1S/C14H15N3/c1-17(2)14-5-3-13(4-6-14)16-11-12-7-9-15-10-8-12/h3-11H,1-2H3. The Balaban J connectivity index is 2.12. The van der Waals surface area contributed by atoms with E-state index in [1.54, 1.807) is 12.4 Å². The largest absolute Gasteiger partial charge is 0.378 e. The smallest absolute Gasteiger partial charge is 0.0631 e. The minimum absolute atomic E-state index is 0.951. The Morgan fingerprint density at radius 1 is 1.00 bits per heavy atom. The Labute approximate surface area is 101 Å². The number of pyridine rings is 1. The van der Waals surface area contributed by atoms with Gasteiger partial charge >= 0.3 is 0 Å². The van der Waals surface area contributed by atoms with Crippen LogP contribution in [0.25, 0.3) is 0 Å². The minimum atomic E-state index is 0.951. The molecular formula is C14H15N3. The van der Waals surface area contributed by atoms with Crippen LogP contribution in [0, 0.1) is 0 Å². The van der Waals surface area contributed by atoms with Gasteiger partial charge in [0, 0.05) is 38.4 Å². The van der Waals surface area contributed by atoms with Crippen molar-refractivity contribution in [3.8, 4) is 0 Å². The second-order valence-electron chi connectivity index (χ2n) is 3.95. The van der Waals surface area contributed by atoms with Crippen LogP contribution in [0.2, 0.25) is 0 Å². The summed E-state index contributed by atoms with van der Waals surface area (Å²) in [5.41, 5.74) is 3.18. The van der Waals surface area contributed by atoms with Crippen molar-refractivity contribution >= 4 is 17.6 Å². The Kier molecular flexibility index (Phi) is 3.50. The average molecular weight is 225 g/mol. The van der Waals surface area contributed by atoms with E-state index in [0.29, 0.717) is 0 Å². The molecule has 0 unspecified atom stereocenters. The summed E-state index contributed by atoms with van der Waals surface area (Å²) >= 11 is 0. The molecule has 0 fully saturated rings. The van der Waals surface area contributed by atoms with Gasteiger partial charge in [-0.15, -0.1) is 0 Å². The second kappa shape index (κ2) is 5.25. The fourth-order valence-electron chi connectivity index (χ4n) is 1.44. The topological polar surface area (TPSA) is 28.5 Å². The van der Waals surface area contributed by atoms with Crippen molar-refractivity contribution in [2.24, 2.45) is 4.99 Å². The molecule has 0 saturated carbocycles. The third-order valence-electron chi connectivity index (χ3n) is 2.43. The van der Waals surface area contributed by atoms with E-state index in [4.69, 9.17) is 0 Å². The van der Waals surface area contributed by atoms with Crippen molar-refractivity contribution in [3.63, 3.8) is 0 Å². The van der Waals surface area contributed by atoms with Gasteiger partial charge in [-0.1, -0.05) is 0 Å². The quantitative estimate of drug-likeness (QED) is 0.751. The van der Waals surface area contributed by atoms with Crippen molar-refractivity contribution in [1.82, 2.24) is 4.98 Å². The summed E-state index contributed by atoms with van der Waals surface area (Å²) in [6, 6.07) is 12.0. The lowest BCUT2D eigenvalue weighted by molar-refractivity contribution is 1.13. The number of aromatic nitrogens is 1. The Bertz CT molecular complexity index is 487. The van der Waals surface area contributed by atoms with Gasteiger partial charge in [-0.05, 0) is 42.0 Å². The normalized spacial score (nSPS) is 10.7. The van der Waals surface area contributed by atoms with E-state index in [2.05, 4.69) is 27.0 Å². The maximum Gasteiger partial charge on any atom is 0.0631 e. The molecule has 3 heteroatoms. The lowest BCUT2D eigenvalue weighted by atomic mass is 10.2. The lowest BCUT2D eigenvalue weighted by Crippen LogP contribution is -2.07. The van der Waals surface area contributed by atoms with Gasteiger partial charge in [0.2, 0.25) is 0 Å². The van der Waals surface area contributed by atoms with Gasteiger partial charge in [-0.2, -0.15) is 0 Å². The van der Waals surface area contributed by atoms with Crippen LogP contribution in [-0.2, 0) is 0 Å². The van der Waals surface area contributed by atoms with Crippen molar-refractivity contribution in [2.75, 3.05) is 19.0 Å². The van der Waals surface area contributed by atoms with Crippen molar-refractivity contribution in [3.05, 3.63) is 54.4 Å². The first kappa shape index (κ1) is 11.3. The first-order valence-electron chi connectivity index (χ1n) is 5.47. The predicted molar refractivity (Wildman–Crippen MR) is 72.3 cm³/mol. The molecule has 17 heavy (non-hydrogen) atoms. The number of hydrogen-bond donors (Lipinski definition) is 0. The van der Waals surface area contributed by atoms with E-state index in [0.717, 1.165) is 11.3 Å². The van der Waals surface area contributed by atoms with Gasteiger partial charge in [0.15, 0.2) is 0 Å². The molecule has 0 aliphatic carbocycles. The van der Waals surface area contributed by atoms with Crippen LogP contribution < -0.4 is 4.90 Å². The lowest BCUT2D eigenvalue weighted by Gasteiger charge is -2.11. The van der Waals surface area contributed by atoms with Crippen molar-refractivity contribution in [1.29, 1.82) is 0 Å². The zero-order chi connectivity index (χ0) is 12.1. The number of rotatable bonds is 3. The summed E-state index contributed by atoms with van der Waals surface area (Å²) in [4.78, 5) is 10.4. The summed E-state index contributed by atoms with van der Waals surface area (Å²) < 4.78 is 0. The summed E-state index contributed by atoms with van der Waals surface area (Å²) in [5.74, 6) is 0. The van der Waals surface area contributed by atoms with E-state index in [1.165, 1.54) is 5.69 Å². The Hall–Kier alpha value is -2.16. The van der Waals surface area contributed by atoms with Gasteiger partial charge in [-0.3, -0.25) is 9.98 Å². The van der Waals surface area contributed by atoms with E-state index in [1.807, 2.05) is 44.6 Å². The predicted octanol–water partition coefficient (Wildman–Crippen LogP) is 2.90. The van der Waals surface area contributed by atoms with Crippen molar-refractivity contribution in [2.45, 2.75) is 0 Å². The first-order chi connectivity index (χ1) is 8.25. The fourth-order valence-corrected chi connectivity index (χ4v) is 1.44. The summed E-state index contributed by atoms with van der Waals surface area (Å²) in [6.45, 7) is 0. The molecule has 1 aromatic carbocycles. The zero-order valence-corrected chi connectivity index (χ0v) is 10.0. The highest BCUT2D eigenvalue weighted by Gasteiger charge is 1.94. The molecule has 0 aliphatic heterocycles. The maximum absolute atomic E-state index is 4.41. The molecule has 0 atom stereocenters. The third-order valence-corrected chi connectivity index (χ3v) is 2.43. The molecule has 2 aromatic rings. The molecule has 86 valence electrons. The van der Waals surface area contributed by atoms with Crippen LogP contribution >= 0.6 is 0 Å². The highest BCUT2D eigenvalue weighted by molar-refractivity contribution is 5.81. The van der Waals surface area contributed by atoms with E-state index < -0.39 is 0 Å². The number of benzene rings is 1. The average Bonchev–Trinajstić information content (AvgIpc) is 2.38. The molecule has 0 N–H and O–H groups in total. The minimum Gasteiger partial charge on any atom is -0.378 e. The highest BCUT2D eigenvalue weighted by Crippen LogP contribution is 2.17. The fraction of sp³-hybridized carbons (Fsp3) is 0.143. The molecule has 1 aromatic heterocycles. The van der Waals surface area contributed by atoms with Crippen LogP contribution in [0.5, 0.6) is 0 Å². The van der Waals surface area contributed by atoms with Crippen LogP contribution in [-0.4, -0.2) is 25.3 Å². The number of anilines is 1. The van der Waals surface area contributed by atoms with Crippen LogP contribution in [0.4, 0.5) is 11.4 Å². The zero-order valence-electron chi connectivity index (χ0n) is 10.0. The third kappa shape index (κ3) is 3.14. The van der Waals surface area contributed by atoms with Crippen LogP contribution in [0.1, 0.15) is 5.56 Å². The van der Waals surface area contributed by atoms with Gasteiger partial charge in [-0.25, -0.2) is 0 Å². The molecular weight excluding hydrogens is 210 g/mol. The molecule has 0 spiro atoms. The van der Waals surface area contributed by atoms with E-state index in [9.17, 15) is 0 Å². The van der Waals surface area contributed by atoms with E-state index >= 15 is 0 Å². The van der Waals surface area contributed by atoms with Crippen LogP contribution in [0.15, 0.2) is 53.8 Å². The van der Waals surface area contributed by atoms with Gasteiger partial charge in [0.05, 0.1) is 5.69 Å². The molecule has 3 nitrogen and oxygen atoms in total. The Morgan fingerprint density at radius 2 is 1.65 bits per heavy atom. The summed E-state index contributed by atoms with van der Waals surface area (Å²) in [7, 11) is 4.05. The summed E-state index contributed by atoms with van der Waals surface area (Å²) in [6.07, 6.45) is 5.36. The molecule has 0 aliphatic rings. The monoisotopic (exact) mass is 225 g/mol. The van der Waals surface area contributed by atoms with Gasteiger partial charge in [0.1, 0.15) is 0 Å². The van der Waals surface area contributed by atoms with Gasteiger partial charge in [0.25, 0.3) is 0 Å². The number of nitrogens with zero attached hydrogens (tertiary/aromatic N) is 3. The van der Waals surface area contributed by atoms with Gasteiger partial charge < -0.3 is 4.90 Å². The highest BCUT2D eigenvalue weighted by atomic mass is 15.1. The summed E-state index contributed by atoms with van der Waals surface area (Å²) in [5, 5.41) is 0. The Morgan fingerprint density at radius 3 is 2.24 bits per heavy atom. The van der Waals surface area contributed by atoms with Crippen LogP contribution in [0.3, 0.4) is 0 Å². The molecule has 0 radical (unpaired) electrons. The molecule has 0 bridgehead atoms. The van der Waals surface area contributed by atoms with Crippen molar-refractivity contribution < 1.29 is 0 Å². The molecule has 2 rings (SSSR count).